The van der Waals surface area contributed by atoms with Crippen molar-refractivity contribution in [3.63, 3.8) is 0 Å². The molecule has 1 N–H and O–H groups in total. The monoisotopic (exact) mass is 469 g/mol. The van der Waals surface area contributed by atoms with E-state index in [0.717, 1.165) is 29.7 Å². The van der Waals surface area contributed by atoms with Crippen LogP contribution in [0, 0.1) is 5.82 Å². The summed E-state index contributed by atoms with van der Waals surface area (Å²) < 4.78 is 24.3. The lowest BCUT2D eigenvalue weighted by atomic mass is 10.1. The van der Waals surface area contributed by atoms with Gasteiger partial charge in [-0.1, -0.05) is 47.5 Å². The zero-order valence-electron chi connectivity index (χ0n) is 16.5. The number of methoxy groups -OCH3 is 1. The van der Waals surface area contributed by atoms with E-state index in [-0.39, 0.29) is 18.2 Å². The van der Waals surface area contributed by atoms with E-state index in [9.17, 15) is 4.39 Å². The highest BCUT2D eigenvalue weighted by Crippen LogP contribution is 2.30. The van der Waals surface area contributed by atoms with Gasteiger partial charge in [0.05, 0.1) is 7.11 Å². The van der Waals surface area contributed by atoms with Gasteiger partial charge in [0.15, 0.2) is 11.5 Å². The minimum atomic E-state index is -0.213. The number of nitrogens with one attached hydrogen (secondary N) is 1. The van der Waals surface area contributed by atoms with Crippen molar-refractivity contribution < 1.29 is 13.9 Å². The van der Waals surface area contributed by atoms with E-state index in [0.29, 0.717) is 34.7 Å². The standard InChI is InChI=1S/C23H22Cl2FNO2.ClH/c1-28-23-12-17(14-27-11-10-16-2-7-20(26)8-3-16)4-9-22(23)29-15-18-5-6-19(24)13-21(18)25;/h2-9,12-13,27H,10-11,14-15H2,1H3;1H. The smallest absolute Gasteiger partial charge is 0.161 e. The maximum atomic E-state index is 12.9. The van der Waals surface area contributed by atoms with Crippen LogP contribution in [0.1, 0.15) is 16.7 Å². The summed E-state index contributed by atoms with van der Waals surface area (Å²) in [4.78, 5) is 0. The second-order valence-corrected chi connectivity index (χ2v) is 7.41. The van der Waals surface area contributed by atoms with Crippen molar-refractivity contribution in [3.05, 3.63) is 93.2 Å². The summed E-state index contributed by atoms with van der Waals surface area (Å²) in [6, 6.07) is 17.7. The molecule has 0 atom stereocenters. The Kier molecular flexibility index (Phi) is 9.73. The Hall–Kier alpha value is -1.98. The average molecular weight is 471 g/mol. The fourth-order valence-electron chi connectivity index (χ4n) is 2.85. The maximum Gasteiger partial charge on any atom is 0.161 e. The molecule has 0 spiro atoms. The van der Waals surface area contributed by atoms with E-state index < -0.39 is 0 Å². The Morgan fingerprint density at radius 2 is 1.63 bits per heavy atom. The van der Waals surface area contributed by atoms with Gasteiger partial charge >= 0.3 is 0 Å². The average Bonchev–Trinajstić information content (AvgIpc) is 2.72. The second-order valence-electron chi connectivity index (χ2n) is 6.56. The minimum Gasteiger partial charge on any atom is -0.493 e. The quantitative estimate of drug-likeness (QED) is 0.363. The highest BCUT2D eigenvalue weighted by molar-refractivity contribution is 6.35. The lowest BCUT2D eigenvalue weighted by Crippen LogP contribution is -2.16. The topological polar surface area (TPSA) is 30.5 Å². The molecule has 0 radical (unpaired) electrons. The number of rotatable bonds is 9. The van der Waals surface area contributed by atoms with Crippen molar-refractivity contribution in [3.8, 4) is 11.5 Å². The van der Waals surface area contributed by atoms with Crippen LogP contribution in [0.2, 0.25) is 10.0 Å². The van der Waals surface area contributed by atoms with Crippen LogP contribution < -0.4 is 14.8 Å². The number of hydrogen-bond acceptors (Lipinski definition) is 3. The summed E-state index contributed by atoms with van der Waals surface area (Å²) in [5.41, 5.74) is 3.03. The molecule has 3 aromatic carbocycles. The van der Waals surface area contributed by atoms with Gasteiger partial charge in [-0.15, -0.1) is 12.4 Å². The van der Waals surface area contributed by atoms with Crippen molar-refractivity contribution in [1.29, 1.82) is 0 Å². The van der Waals surface area contributed by atoms with E-state index >= 15 is 0 Å². The van der Waals surface area contributed by atoms with Gasteiger partial charge in [0, 0.05) is 22.2 Å². The van der Waals surface area contributed by atoms with Crippen molar-refractivity contribution in [2.75, 3.05) is 13.7 Å². The molecular weight excluding hydrogens is 448 g/mol. The summed E-state index contributed by atoms with van der Waals surface area (Å²) in [5.74, 6) is 1.09. The number of benzene rings is 3. The molecule has 0 fully saturated rings. The molecule has 0 heterocycles. The first-order chi connectivity index (χ1) is 14.0. The first kappa shape index (κ1) is 24.3. The largest absolute Gasteiger partial charge is 0.493 e. The summed E-state index contributed by atoms with van der Waals surface area (Å²) >= 11 is 12.1. The Labute approximate surface area is 192 Å². The SMILES string of the molecule is COc1cc(CNCCc2ccc(F)cc2)ccc1OCc1ccc(Cl)cc1Cl.Cl. The van der Waals surface area contributed by atoms with E-state index in [1.54, 1.807) is 31.4 Å². The Bertz CT molecular complexity index is 952. The van der Waals surface area contributed by atoms with E-state index in [4.69, 9.17) is 32.7 Å². The molecule has 0 unspecified atom stereocenters. The van der Waals surface area contributed by atoms with Gasteiger partial charge < -0.3 is 14.8 Å². The van der Waals surface area contributed by atoms with Crippen LogP contribution in [-0.2, 0) is 19.6 Å². The lowest BCUT2D eigenvalue weighted by molar-refractivity contribution is 0.284. The van der Waals surface area contributed by atoms with Crippen LogP contribution in [0.15, 0.2) is 60.7 Å². The summed E-state index contributed by atoms with van der Waals surface area (Å²) in [5, 5.41) is 4.54. The van der Waals surface area contributed by atoms with Crippen LogP contribution in [0.4, 0.5) is 4.39 Å². The molecule has 30 heavy (non-hydrogen) atoms. The van der Waals surface area contributed by atoms with Crippen molar-refractivity contribution >= 4 is 35.6 Å². The molecule has 0 aromatic heterocycles. The third kappa shape index (κ3) is 7.06. The third-order valence-electron chi connectivity index (χ3n) is 4.46. The van der Waals surface area contributed by atoms with E-state index in [2.05, 4.69) is 5.32 Å². The Morgan fingerprint density at radius 1 is 0.900 bits per heavy atom. The molecule has 160 valence electrons. The van der Waals surface area contributed by atoms with Crippen LogP contribution in [0.5, 0.6) is 11.5 Å². The van der Waals surface area contributed by atoms with Gasteiger partial charge in [-0.2, -0.15) is 0 Å². The molecule has 0 amide bonds. The van der Waals surface area contributed by atoms with Gasteiger partial charge in [0.25, 0.3) is 0 Å². The molecule has 0 aliphatic heterocycles. The molecule has 0 saturated carbocycles. The molecule has 0 bridgehead atoms. The Balaban J connectivity index is 0.00000320. The van der Waals surface area contributed by atoms with Crippen molar-refractivity contribution in [2.45, 2.75) is 19.6 Å². The molecule has 0 aliphatic carbocycles. The summed E-state index contributed by atoms with van der Waals surface area (Å²) in [7, 11) is 1.61. The molecule has 7 heteroatoms. The minimum absolute atomic E-state index is 0. The van der Waals surface area contributed by atoms with E-state index in [1.165, 1.54) is 12.1 Å². The molecule has 3 rings (SSSR count). The van der Waals surface area contributed by atoms with Gasteiger partial charge in [-0.05, 0) is 60.5 Å². The van der Waals surface area contributed by atoms with Gasteiger partial charge in [-0.3, -0.25) is 0 Å². The molecule has 3 nitrogen and oxygen atoms in total. The third-order valence-corrected chi connectivity index (χ3v) is 5.05. The first-order valence-electron chi connectivity index (χ1n) is 9.24. The number of ether oxygens (including phenoxy) is 2. The summed E-state index contributed by atoms with van der Waals surface area (Å²) in [6.07, 6.45) is 0.834. The normalized spacial score (nSPS) is 10.4. The number of halogens is 4. The lowest BCUT2D eigenvalue weighted by Gasteiger charge is -2.13. The highest BCUT2D eigenvalue weighted by Gasteiger charge is 2.08. The van der Waals surface area contributed by atoms with Crippen molar-refractivity contribution in [1.82, 2.24) is 5.32 Å². The van der Waals surface area contributed by atoms with E-state index in [1.807, 2.05) is 24.3 Å². The molecular formula is C23H23Cl3FNO2. The maximum absolute atomic E-state index is 12.9. The molecule has 3 aromatic rings. The zero-order chi connectivity index (χ0) is 20.6. The van der Waals surface area contributed by atoms with Gasteiger partial charge in [0.1, 0.15) is 12.4 Å². The fourth-order valence-corrected chi connectivity index (χ4v) is 3.32. The van der Waals surface area contributed by atoms with Crippen LogP contribution >= 0.6 is 35.6 Å². The predicted octanol–water partition coefficient (Wildman–Crippen LogP) is 6.47. The highest BCUT2D eigenvalue weighted by atomic mass is 35.5. The zero-order valence-corrected chi connectivity index (χ0v) is 18.8. The molecule has 0 aliphatic rings. The van der Waals surface area contributed by atoms with Crippen LogP contribution in [0.3, 0.4) is 0 Å². The molecule has 0 saturated heterocycles. The predicted molar refractivity (Wildman–Crippen MR) is 123 cm³/mol. The number of hydrogen-bond donors (Lipinski definition) is 1. The van der Waals surface area contributed by atoms with Crippen molar-refractivity contribution in [2.24, 2.45) is 0 Å². The summed E-state index contributed by atoms with van der Waals surface area (Å²) in [6.45, 7) is 1.81. The van der Waals surface area contributed by atoms with Gasteiger partial charge in [-0.25, -0.2) is 4.39 Å². The van der Waals surface area contributed by atoms with Crippen LogP contribution in [0.25, 0.3) is 0 Å². The van der Waals surface area contributed by atoms with Crippen LogP contribution in [-0.4, -0.2) is 13.7 Å². The first-order valence-corrected chi connectivity index (χ1v) is 9.99. The fraction of sp³-hybridized carbons (Fsp3) is 0.217. The van der Waals surface area contributed by atoms with Gasteiger partial charge in [0.2, 0.25) is 0 Å². The Morgan fingerprint density at radius 3 is 2.33 bits per heavy atom. The second kappa shape index (κ2) is 12.0.